The lowest BCUT2D eigenvalue weighted by atomic mass is 9.94. The van der Waals surface area contributed by atoms with Gasteiger partial charge in [0.1, 0.15) is 5.02 Å². The van der Waals surface area contributed by atoms with E-state index in [1.165, 1.54) is 18.9 Å². The molecule has 1 aliphatic heterocycles. The first-order valence-corrected chi connectivity index (χ1v) is 7.33. The summed E-state index contributed by atoms with van der Waals surface area (Å²) in [6.07, 6.45) is 3.50. The van der Waals surface area contributed by atoms with Crippen LogP contribution in [0.2, 0.25) is 5.02 Å². The lowest BCUT2D eigenvalue weighted by molar-refractivity contribution is -0.384. The van der Waals surface area contributed by atoms with Crippen molar-refractivity contribution in [3.63, 3.8) is 0 Å². The minimum absolute atomic E-state index is 0.0323. The summed E-state index contributed by atoms with van der Waals surface area (Å²) < 4.78 is 0. The van der Waals surface area contributed by atoms with Crippen LogP contribution in [0.25, 0.3) is 0 Å². The predicted molar refractivity (Wildman–Crippen MR) is 79.8 cm³/mol. The monoisotopic (exact) mass is 297 g/mol. The van der Waals surface area contributed by atoms with Crippen LogP contribution in [0.4, 0.5) is 5.69 Å². The number of hydrogen-bond acceptors (Lipinski definition) is 4. The van der Waals surface area contributed by atoms with Crippen molar-refractivity contribution in [1.82, 2.24) is 4.90 Å². The van der Waals surface area contributed by atoms with E-state index in [-0.39, 0.29) is 10.7 Å². The van der Waals surface area contributed by atoms with E-state index in [2.05, 4.69) is 4.90 Å². The van der Waals surface area contributed by atoms with Crippen LogP contribution in [-0.2, 0) is 6.54 Å². The maximum absolute atomic E-state index is 10.7. The van der Waals surface area contributed by atoms with Crippen LogP contribution < -0.4 is 5.73 Å². The van der Waals surface area contributed by atoms with Gasteiger partial charge in [0.05, 0.1) is 4.92 Å². The third-order valence-corrected chi connectivity index (χ3v) is 4.10. The average Bonchev–Trinajstić information content (AvgIpc) is 2.39. The predicted octanol–water partition coefficient (Wildman–Crippen LogP) is 2.81. The third-order valence-electron chi connectivity index (χ3n) is 3.79. The summed E-state index contributed by atoms with van der Waals surface area (Å²) in [4.78, 5) is 12.7. The van der Waals surface area contributed by atoms with Gasteiger partial charge in [0, 0.05) is 19.2 Å². The standard InChI is InChI=1S/C14H20ClN3O2/c15-13-8-12(3-4-14(13)18(19)20)10-17-7-1-2-11(9-17)5-6-16/h3-4,8,11H,1-2,5-7,9-10,16H2. The van der Waals surface area contributed by atoms with E-state index in [1.807, 2.05) is 0 Å². The third kappa shape index (κ3) is 3.91. The molecule has 5 nitrogen and oxygen atoms in total. The Labute approximate surface area is 123 Å². The van der Waals surface area contributed by atoms with Crippen molar-refractivity contribution in [3.05, 3.63) is 38.9 Å². The zero-order valence-corrected chi connectivity index (χ0v) is 12.2. The van der Waals surface area contributed by atoms with Crippen molar-refractivity contribution in [1.29, 1.82) is 0 Å². The first-order valence-electron chi connectivity index (χ1n) is 6.95. The number of hydrogen-bond donors (Lipinski definition) is 1. The summed E-state index contributed by atoms with van der Waals surface area (Å²) in [6, 6.07) is 4.97. The van der Waals surface area contributed by atoms with E-state index in [4.69, 9.17) is 17.3 Å². The highest BCUT2D eigenvalue weighted by molar-refractivity contribution is 6.32. The molecule has 0 saturated carbocycles. The molecule has 0 aromatic heterocycles. The van der Waals surface area contributed by atoms with E-state index in [0.29, 0.717) is 5.92 Å². The second kappa shape index (κ2) is 7.02. The van der Waals surface area contributed by atoms with E-state index in [0.717, 1.165) is 38.2 Å². The molecule has 0 radical (unpaired) electrons. The van der Waals surface area contributed by atoms with Gasteiger partial charge >= 0.3 is 0 Å². The van der Waals surface area contributed by atoms with Crippen LogP contribution in [-0.4, -0.2) is 29.5 Å². The number of nitrogens with two attached hydrogens (primary N) is 1. The fourth-order valence-electron chi connectivity index (χ4n) is 2.82. The fraction of sp³-hybridized carbons (Fsp3) is 0.571. The van der Waals surface area contributed by atoms with Gasteiger partial charge in [-0.2, -0.15) is 0 Å². The van der Waals surface area contributed by atoms with Crippen molar-refractivity contribution >= 4 is 17.3 Å². The largest absolute Gasteiger partial charge is 0.330 e. The number of likely N-dealkylation sites (tertiary alicyclic amines) is 1. The maximum Gasteiger partial charge on any atom is 0.287 e. The Hall–Kier alpha value is -1.17. The quantitative estimate of drug-likeness (QED) is 0.670. The van der Waals surface area contributed by atoms with Gasteiger partial charge in [-0.05, 0) is 49.9 Å². The summed E-state index contributed by atoms with van der Waals surface area (Å²) >= 11 is 5.94. The van der Waals surface area contributed by atoms with Crippen LogP contribution in [0.15, 0.2) is 18.2 Å². The molecule has 0 bridgehead atoms. The van der Waals surface area contributed by atoms with E-state index >= 15 is 0 Å². The Morgan fingerprint density at radius 2 is 2.30 bits per heavy atom. The van der Waals surface area contributed by atoms with E-state index in [1.54, 1.807) is 12.1 Å². The number of halogens is 1. The second-order valence-corrected chi connectivity index (χ2v) is 5.77. The molecular weight excluding hydrogens is 278 g/mol. The van der Waals surface area contributed by atoms with Crippen molar-refractivity contribution in [3.8, 4) is 0 Å². The molecular formula is C14H20ClN3O2. The van der Waals surface area contributed by atoms with Crippen LogP contribution in [0.1, 0.15) is 24.8 Å². The zero-order valence-electron chi connectivity index (χ0n) is 11.4. The summed E-state index contributed by atoms with van der Waals surface area (Å²) in [5.41, 5.74) is 6.61. The smallest absolute Gasteiger partial charge is 0.287 e. The van der Waals surface area contributed by atoms with Crippen molar-refractivity contribution in [2.24, 2.45) is 11.7 Å². The SMILES string of the molecule is NCCC1CCCN(Cc2ccc([N+](=O)[O-])c(Cl)c2)C1. The molecule has 0 amide bonds. The first kappa shape index (κ1) is 15.2. The molecule has 20 heavy (non-hydrogen) atoms. The number of benzene rings is 1. The average molecular weight is 298 g/mol. The van der Waals surface area contributed by atoms with Gasteiger partial charge in [0.2, 0.25) is 0 Å². The summed E-state index contributed by atoms with van der Waals surface area (Å²) in [5, 5.41) is 10.9. The van der Waals surface area contributed by atoms with Crippen LogP contribution >= 0.6 is 11.6 Å². The Morgan fingerprint density at radius 1 is 1.50 bits per heavy atom. The molecule has 2 N–H and O–H groups in total. The molecule has 1 saturated heterocycles. The van der Waals surface area contributed by atoms with Gasteiger partial charge < -0.3 is 5.73 Å². The molecule has 1 aliphatic rings. The van der Waals surface area contributed by atoms with Gasteiger partial charge in [-0.3, -0.25) is 15.0 Å². The summed E-state index contributed by atoms with van der Waals surface area (Å²) in [7, 11) is 0. The highest BCUT2D eigenvalue weighted by Crippen LogP contribution is 2.27. The van der Waals surface area contributed by atoms with E-state index < -0.39 is 4.92 Å². The lowest BCUT2D eigenvalue weighted by Crippen LogP contribution is -2.35. The van der Waals surface area contributed by atoms with Gasteiger partial charge in [0.25, 0.3) is 5.69 Å². The second-order valence-electron chi connectivity index (χ2n) is 5.36. The Kier molecular flexibility index (Phi) is 5.34. The molecule has 1 aromatic rings. The number of piperidine rings is 1. The molecule has 110 valence electrons. The fourth-order valence-corrected chi connectivity index (χ4v) is 3.09. The number of nitro groups is 1. The van der Waals surface area contributed by atoms with Crippen molar-refractivity contribution in [2.75, 3.05) is 19.6 Å². The minimum Gasteiger partial charge on any atom is -0.330 e. The van der Waals surface area contributed by atoms with Gasteiger partial charge in [-0.25, -0.2) is 0 Å². The van der Waals surface area contributed by atoms with Crippen LogP contribution in [0.3, 0.4) is 0 Å². The van der Waals surface area contributed by atoms with Crippen LogP contribution in [0, 0.1) is 16.0 Å². The number of nitro benzene ring substituents is 1. The Bertz CT molecular complexity index is 479. The molecule has 1 fully saturated rings. The molecule has 6 heteroatoms. The normalized spacial score (nSPS) is 20.0. The molecule has 1 heterocycles. The summed E-state index contributed by atoms with van der Waals surface area (Å²) in [5.74, 6) is 0.669. The van der Waals surface area contributed by atoms with E-state index in [9.17, 15) is 10.1 Å². The topological polar surface area (TPSA) is 72.4 Å². The number of rotatable bonds is 5. The molecule has 1 unspecified atom stereocenters. The Balaban J connectivity index is 1.99. The summed E-state index contributed by atoms with van der Waals surface area (Å²) in [6.45, 7) is 3.64. The van der Waals surface area contributed by atoms with Gasteiger partial charge in [-0.1, -0.05) is 17.7 Å². The number of nitrogens with zero attached hydrogens (tertiary/aromatic N) is 2. The molecule has 1 aromatic carbocycles. The van der Waals surface area contributed by atoms with Crippen molar-refractivity contribution < 1.29 is 4.92 Å². The van der Waals surface area contributed by atoms with Gasteiger partial charge in [0.15, 0.2) is 0 Å². The molecule has 0 spiro atoms. The maximum atomic E-state index is 10.7. The lowest BCUT2D eigenvalue weighted by Gasteiger charge is -2.32. The highest BCUT2D eigenvalue weighted by atomic mass is 35.5. The first-order chi connectivity index (χ1) is 9.60. The van der Waals surface area contributed by atoms with Gasteiger partial charge in [-0.15, -0.1) is 0 Å². The zero-order chi connectivity index (χ0) is 14.5. The Morgan fingerprint density at radius 3 is 2.95 bits per heavy atom. The highest BCUT2D eigenvalue weighted by Gasteiger charge is 2.20. The molecule has 2 rings (SSSR count). The minimum atomic E-state index is -0.454. The molecule has 0 aliphatic carbocycles. The molecule has 1 atom stereocenters. The van der Waals surface area contributed by atoms with Crippen LogP contribution in [0.5, 0.6) is 0 Å². The van der Waals surface area contributed by atoms with Crippen molar-refractivity contribution in [2.45, 2.75) is 25.8 Å².